The number of hydrogen-bond donors (Lipinski definition) is 2. The zero-order valence-electron chi connectivity index (χ0n) is 20.2. The van der Waals surface area contributed by atoms with Gasteiger partial charge in [-0.25, -0.2) is 0 Å². The van der Waals surface area contributed by atoms with Gasteiger partial charge in [0.2, 0.25) is 11.8 Å². The zero-order chi connectivity index (χ0) is 24.4. The molecule has 1 fully saturated rings. The van der Waals surface area contributed by atoms with Crippen molar-refractivity contribution < 1.29 is 29.0 Å². The van der Waals surface area contributed by atoms with E-state index in [9.17, 15) is 24.3 Å². The number of imide groups is 1. The van der Waals surface area contributed by atoms with Crippen LogP contribution in [0.4, 0.5) is 0 Å². The van der Waals surface area contributed by atoms with Gasteiger partial charge in [0.1, 0.15) is 11.9 Å². The fourth-order valence-electron chi connectivity index (χ4n) is 4.63. The normalized spacial score (nSPS) is 26.9. The second-order valence-electron chi connectivity index (χ2n) is 9.69. The average molecular weight is 462 g/mol. The second-order valence-corrected chi connectivity index (χ2v) is 9.69. The first-order valence-electron chi connectivity index (χ1n) is 12.2. The molecule has 2 heterocycles. The zero-order valence-corrected chi connectivity index (χ0v) is 20.2. The van der Waals surface area contributed by atoms with E-state index in [-0.39, 0.29) is 67.2 Å². The van der Waals surface area contributed by atoms with E-state index >= 15 is 0 Å². The lowest BCUT2D eigenvalue weighted by Gasteiger charge is -2.26. The molecule has 0 bridgehead atoms. The predicted molar refractivity (Wildman–Crippen MR) is 125 cm³/mol. The number of rotatable bonds is 7. The van der Waals surface area contributed by atoms with Crippen LogP contribution in [0.3, 0.4) is 0 Å². The van der Waals surface area contributed by atoms with Gasteiger partial charge in [-0.2, -0.15) is 0 Å². The molecule has 184 valence electrons. The first-order valence-corrected chi connectivity index (χ1v) is 12.2. The van der Waals surface area contributed by atoms with Crippen LogP contribution >= 0.6 is 0 Å². The van der Waals surface area contributed by atoms with Crippen molar-refractivity contribution in [3.8, 4) is 0 Å². The minimum absolute atomic E-state index is 0.0396. The van der Waals surface area contributed by atoms with E-state index in [0.29, 0.717) is 6.42 Å². The SMILES string of the molecule is C/C(=C\[C@H](C)C(=O)C[C@H](O)CC1CC(=O)NC(=O)C1)[C@@H]1OC(=O)CCCC/C=C/CC[C@@H]1C. The third-order valence-electron chi connectivity index (χ3n) is 6.47. The van der Waals surface area contributed by atoms with Crippen molar-refractivity contribution in [3.05, 3.63) is 23.8 Å². The lowest BCUT2D eigenvalue weighted by Crippen LogP contribution is -2.39. The van der Waals surface area contributed by atoms with Gasteiger partial charge in [0.25, 0.3) is 0 Å². The fraction of sp³-hybridized carbons (Fsp3) is 0.692. The Morgan fingerprint density at radius 2 is 1.85 bits per heavy atom. The molecule has 2 aliphatic heterocycles. The molecule has 2 N–H and O–H groups in total. The van der Waals surface area contributed by atoms with Crippen LogP contribution < -0.4 is 5.32 Å². The molecule has 0 aliphatic carbocycles. The summed E-state index contributed by atoms with van der Waals surface area (Å²) in [5, 5.41) is 12.6. The van der Waals surface area contributed by atoms with Crippen LogP contribution in [0, 0.1) is 17.8 Å². The van der Waals surface area contributed by atoms with E-state index in [4.69, 9.17) is 4.74 Å². The number of cyclic esters (lactones) is 1. The van der Waals surface area contributed by atoms with Gasteiger partial charge in [0.15, 0.2) is 0 Å². The highest BCUT2D eigenvalue weighted by Crippen LogP contribution is 2.25. The standard InChI is InChI=1S/C26H39NO6/c1-17-10-8-6-4-5-7-9-11-25(32)33-26(17)19(3)12-18(2)22(29)16-21(28)13-20-14-23(30)27-24(31)15-20/h4,6,12,17-18,20-21,26,28H,5,7-11,13-16H2,1-3H3,(H,27,30,31)/b6-4+,19-12+/t17-,18-,21+,26+/m0/s1. The molecular weight excluding hydrogens is 422 g/mol. The summed E-state index contributed by atoms with van der Waals surface area (Å²) in [6.45, 7) is 5.73. The third kappa shape index (κ3) is 9.62. The van der Waals surface area contributed by atoms with Crippen molar-refractivity contribution in [3.63, 3.8) is 0 Å². The monoisotopic (exact) mass is 461 g/mol. The lowest BCUT2D eigenvalue weighted by atomic mass is 9.87. The van der Waals surface area contributed by atoms with E-state index < -0.39 is 12.0 Å². The summed E-state index contributed by atoms with van der Waals surface area (Å²) in [6, 6.07) is 0. The summed E-state index contributed by atoms with van der Waals surface area (Å²) in [6.07, 6.45) is 10.5. The number of amides is 2. The smallest absolute Gasteiger partial charge is 0.306 e. The summed E-state index contributed by atoms with van der Waals surface area (Å²) in [7, 11) is 0. The number of hydrogen-bond acceptors (Lipinski definition) is 6. The highest BCUT2D eigenvalue weighted by atomic mass is 16.5. The largest absolute Gasteiger partial charge is 0.458 e. The molecule has 4 atom stereocenters. The molecule has 1 saturated heterocycles. The first kappa shape index (κ1) is 27.0. The Hall–Kier alpha value is -2.28. The summed E-state index contributed by atoms with van der Waals surface area (Å²) in [5.74, 6) is -1.56. The molecule has 0 saturated carbocycles. The summed E-state index contributed by atoms with van der Waals surface area (Å²) >= 11 is 0. The first-order chi connectivity index (χ1) is 15.7. The number of ketones is 1. The van der Waals surface area contributed by atoms with Crippen LogP contribution in [0.5, 0.6) is 0 Å². The number of aliphatic hydroxyl groups is 1. The van der Waals surface area contributed by atoms with Gasteiger partial charge in [0.05, 0.1) is 6.10 Å². The van der Waals surface area contributed by atoms with Gasteiger partial charge in [0, 0.05) is 31.6 Å². The summed E-state index contributed by atoms with van der Waals surface area (Å²) < 4.78 is 5.82. The number of aliphatic hydroxyl groups excluding tert-OH is 1. The van der Waals surface area contributed by atoms with Gasteiger partial charge in [-0.05, 0) is 62.9 Å². The molecule has 0 unspecified atom stereocenters. The fourth-order valence-corrected chi connectivity index (χ4v) is 4.63. The summed E-state index contributed by atoms with van der Waals surface area (Å²) in [4.78, 5) is 48.1. The Kier molecular flexibility index (Phi) is 11.0. The van der Waals surface area contributed by atoms with E-state index in [0.717, 1.165) is 37.7 Å². The van der Waals surface area contributed by atoms with Gasteiger partial charge in [-0.15, -0.1) is 0 Å². The number of esters is 1. The number of ether oxygens (including phenoxy) is 1. The molecule has 33 heavy (non-hydrogen) atoms. The summed E-state index contributed by atoms with van der Waals surface area (Å²) in [5.41, 5.74) is 0.849. The third-order valence-corrected chi connectivity index (χ3v) is 6.47. The topological polar surface area (TPSA) is 110 Å². The predicted octanol–water partition coefficient (Wildman–Crippen LogP) is 3.79. The molecule has 0 aromatic rings. The van der Waals surface area contributed by atoms with Crippen molar-refractivity contribution >= 4 is 23.6 Å². The Labute approximate surface area is 197 Å². The quantitative estimate of drug-likeness (QED) is 0.339. The molecule has 2 aliphatic rings. The minimum Gasteiger partial charge on any atom is -0.458 e. The Morgan fingerprint density at radius 1 is 1.18 bits per heavy atom. The van der Waals surface area contributed by atoms with Crippen LogP contribution in [0.25, 0.3) is 0 Å². The van der Waals surface area contributed by atoms with Crippen molar-refractivity contribution in [2.24, 2.45) is 17.8 Å². The van der Waals surface area contributed by atoms with Crippen LogP contribution in [-0.2, 0) is 23.9 Å². The maximum Gasteiger partial charge on any atom is 0.306 e. The van der Waals surface area contributed by atoms with Crippen molar-refractivity contribution in [1.29, 1.82) is 0 Å². The lowest BCUT2D eigenvalue weighted by molar-refractivity contribution is -0.149. The maximum atomic E-state index is 12.7. The number of Topliss-reactive ketones (excluding diaryl/α,β-unsaturated/α-hetero) is 1. The Balaban J connectivity index is 1.97. The average Bonchev–Trinajstić information content (AvgIpc) is 2.71. The molecule has 2 rings (SSSR count). The minimum atomic E-state index is -0.901. The van der Waals surface area contributed by atoms with Crippen molar-refractivity contribution in [2.45, 2.75) is 97.2 Å². The van der Waals surface area contributed by atoms with Gasteiger partial charge in [-0.3, -0.25) is 24.5 Å². The van der Waals surface area contributed by atoms with E-state index in [1.54, 1.807) is 6.92 Å². The number of carbonyl (C=O) groups is 4. The van der Waals surface area contributed by atoms with Gasteiger partial charge < -0.3 is 9.84 Å². The molecule has 0 aromatic heterocycles. The maximum absolute atomic E-state index is 12.7. The van der Waals surface area contributed by atoms with E-state index in [1.807, 2.05) is 13.0 Å². The highest BCUT2D eigenvalue weighted by molar-refractivity contribution is 5.97. The molecular formula is C26H39NO6. The van der Waals surface area contributed by atoms with Gasteiger partial charge >= 0.3 is 5.97 Å². The molecule has 7 heteroatoms. The number of nitrogens with one attached hydrogen (secondary N) is 1. The Bertz CT molecular complexity index is 755. The van der Waals surface area contributed by atoms with Crippen LogP contribution in [0.1, 0.15) is 85.0 Å². The van der Waals surface area contributed by atoms with Crippen LogP contribution in [0.2, 0.25) is 0 Å². The number of piperidine rings is 1. The van der Waals surface area contributed by atoms with Crippen LogP contribution in [0.15, 0.2) is 23.8 Å². The molecule has 0 radical (unpaired) electrons. The molecule has 2 amide bonds. The number of carbonyl (C=O) groups excluding carboxylic acids is 4. The second kappa shape index (κ2) is 13.4. The number of allylic oxidation sites excluding steroid dienone is 3. The van der Waals surface area contributed by atoms with Crippen molar-refractivity contribution in [2.75, 3.05) is 0 Å². The highest BCUT2D eigenvalue weighted by Gasteiger charge is 2.29. The van der Waals surface area contributed by atoms with E-state index in [1.165, 1.54) is 0 Å². The molecule has 0 aromatic carbocycles. The van der Waals surface area contributed by atoms with Crippen molar-refractivity contribution in [1.82, 2.24) is 5.32 Å². The molecule has 0 spiro atoms. The Morgan fingerprint density at radius 3 is 2.55 bits per heavy atom. The van der Waals surface area contributed by atoms with Gasteiger partial charge in [-0.1, -0.05) is 32.1 Å². The van der Waals surface area contributed by atoms with Crippen LogP contribution in [-0.4, -0.2) is 40.9 Å². The van der Waals surface area contributed by atoms with E-state index in [2.05, 4.69) is 24.4 Å². The molecule has 7 nitrogen and oxygen atoms in total.